The van der Waals surface area contributed by atoms with Crippen molar-refractivity contribution in [2.24, 2.45) is 0 Å². The van der Waals surface area contributed by atoms with E-state index in [2.05, 4.69) is 9.97 Å². The van der Waals surface area contributed by atoms with Crippen LogP contribution in [0.1, 0.15) is 22.9 Å². The third-order valence-electron chi connectivity index (χ3n) is 3.87. The molecule has 2 atom stereocenters. The van der Waals surface area contributed by atoms with E-state index in [-0.39, 0.29) is 5.75 Å². The molecule has 0 fully saturated rings. The van der Waals surface area contributed by atoms with E-state index in [9.17, 15) is 18.0 Å². The summed E-state index contributed by atoms with van der Waals surface area (Å²) >= 11 is 0. The zero-order chi connectivity index (χ0) is 18.6. The fourth-order valence-corrected chi connectivity index (χ4v) is 2.69. The van der Waals surface area contributed by atoms with E-state index in [4.69, 9.17) is 4.74 Å². The Morgan fingerprint density at radius 1 is 1.08 bits per heavy atom. The van der Waals surface area contributed by atoms with Gasteiger partial charge < -0.3 is 9.72 Å². The number of aromatic nitrogens is 2. The van der Waals surface area contributed by atoms with Crippen molar-refractivity contribution in [2.45, 2.75) is 18.2 Å². The highest BCUT2D eigenvalue weighted by atomic mass is 19.4. The van der Waals surface area contributed by atoms with Gasteiger partial charge in [0.15, 0.2) is 12.4 Å². The van der Waals surface area contributed by atoms with E-state index in [0.29, 0.717) is 12.1 Å². The molecule has 4 nitrogen and oxygen atoms in total. The summed E-state index contributed by atoms with van der Waals surface area (Å²) in [5, 5.41) is 0. The van der Waals surface area contributed by atoms with Gasteiger partial charge in [-0.2, -0.15) is 13.2 Å². The van der Waals surface area contributed by atoms with Gasteiger partial charge in [-0.05, 0) is 23.8 Å². The Balaban J connectivity index is 1.94. The minimum absolute atomic E-state index is 0.0376. The Hall–Kier alpha value is -3.09. The van der Waals surface area contributed by atoms with Crippen molar-refractivity contribution in [2.75, 3.05) is 0 Å². The predicted octanol–water partition coefficient (Wildman–Crippen LogP) is 4.21. The highest BCUT2D eigenvalue weighted by molar-refractivity contribution is 5.61. The number of rotatable bonds is 6. The van der Waals surface area contributed by atoms with Crippen molar-refractivity contribution < 1.29 is 22.7 Å². The van der Waals surface area contributed by atoms with Gasteiger partial charge in [0.25, 0.3) is 0 Å². The highest BCUT2D eigenvalue weighted by Gasteiger charge is 2.32. The normalized spacial score (nSPS) is 13.8. The molecule has 3 aromatic rings. The molecular weight excluding hydrogens is 345 g/mol. The van der Waals surface area contributed by atoms with Crippen LogP contribution < -0.4 is 4.74 Å². The number of hydrogen-bond donors (Lipinski definition) is 1. The topological polar surface area (TPSA) is 55.0 Å². The van der Waals surface area contributed by atoms with Crippen molar-refractivity contribution in [1.29, 1.82) is 0 Å². The van der Waals surface area contributed by atoms with Crippen LogP contribution in [0.15, 0.2) is 67.0 Å². The molecule has 3 rings (SSSR count). The smallest absolute Gasteiger partial charge is 0.416 e. The molecular formula is C19H15F3N2O2. The molecule has 134 valence electrons. The summed E-state index contributed by atoms with van der Waals surface area (Å²) in [6.45, 7) is 0. The third-order valence-corrected chi connectivity index (χ3v) is 3.87. The molecule has 0 saturated heterocycles. The summed E-state index contributed by atoms with van der Waals surface area (Å²) in [6, 6.07) is 13.5. The summed E-state index contributed by atoms with van der Waals surface area (Å²) in [5.41, 5.74) is -0.0829. The van der Waals surface area contributed by atoms with Gasteiger partial charge in [-0.15, -0.1) is 0 Å². The first-order valence-corrected chi connectivity index (χ1v) is 7.82. The first-order valence-electron chi connectivity index (χ1n) is 7.82. The van der Waals surface area contributed by atoms with Gasteiger partial charge in [-0.25, -0.2) is 4.98 Å². The molecule has 0 spiro atoms. The van der Waals surface area contributed by atoms with Crippen molar-refractivity contribution in [3.05, 3.63) is 83.9 Å². The number of halogens is 3. The molecule has 0 aliphatic heterocycles. The molecule has 1 aromatic heterocycles. The summed E-state index contributed by atoms with van der Waals surface area (Å²) in [6.07, 6.45) is -1.82. The van der Waals surface area contributed by atoms with Crippen LogP contribution in [-0.2, 0) is 11.0 Å². The number of nitrogens with one attached hydrogen (secondary N) is 1. The van der Waals surface area contributed by atoms with Gasteiger partial charge >= 0.3 is 6.18 Å². The van der Waals surface area contributed by atoms with Crippen molar-refractivity contribution in [3.63, 3.8) is 0 Å². The van der Waals surface area contributed by atoms with Crippen molar-refractivity contribution in [3.8, 4) is 5.75 Å². The van der Waals surface area contributed by atoms with Gasteiger partial charge in [-0.1, -0.05) is 36.4 Å². The van der Waals surface area contributed by atoms with Crippen LogP contribution in [0.4, 0.5) is 13.2 Å². The van der Waals surface area contributed by atoms with E-state index < -0.39 is 23.8 Å². The standard InChI is InChI=1S/C19H15F3N2O2/c20-19(21,22)14-7-4-8-15(11-14)26-16(12-25)17(18-23-9-10-24-18)13-5-2-1-3-6-13/h1-12,16-17H,(H,23,24). The summed E-state index contributed by atoms with van der Waals surface area (Å²) in [7, 11) is 0. The van der Waals surface area contributed by atoms with Crippen molar-refractivity contribution >= 4 is 6.29 Å². The highest BCUT2D eigenvalue weighted by Crippen LogP contribution is 2.33. The van der Waals surface area contributed by atoms with E-state index in [1.54, 1.807) is 30.5 Å². The first kappa shape index (κ1) is 17.7. The van der Waals surface area contributed by atoms with Crippen LogP contribution in [-0.4, -0.2) is 22.4 Å². The number of carbonyl (C=O) groups is 1. The summed E-state index contributed by atoms with van der Waals surface area (Å²) in [5.74, 6) is -0.136. The summed E-state index contributed by atoms with van der Waals surface area (Å²) in [4.78, 5) is 18.8. The van der Waals surface area contributed by atoms with E-state index in [0.717, 1.165) is 17.7 Å². The molecule has 2 aromatic carbocycles. The lowest BCUT2D eigenvalue weighted by molar-refractivity contribution is -0.137. The lowest BCUT2D eigenvalue weighted by Gasteiger charge is -2.23. The lowest BCUT2D eigenvalue weighted by atomic mass is 9.93. The quantitative estimate of drug-likeness (QED) is 0.670. The molecule has 0 aliphatic carbocycles. The maximum Gasteiger partial charge on any atom is 0.416 e. The number of alkyl halides is 3. The Morgan fingerprint density at radius 3 is 2.46 bits per heavy atom. The number of nitrogens with zero attached hydrogens (tertiary/aromatic N) is 1. The van der Waals surface area contributed by atoms with Crippen LogP contribution in [0.3, 0.4) is 0 Å². The van der Waals surface area contributed by atoms with Gasteiger partial charge in [0.05, 0.1) is 11.5 Å². The zero-order valence-electron chi connectivity index (χ0n) is 13.5. The number of carbonyl (C=O) groups excluding carboxylic acids is 1. The average Bonchev–Trinajstić information content (AvgIpc) is 3.16. The average molecular weight is 360 g/mol. The van der Waals surface area contributed by atoms with Crippen molar-refractivity contribution in [1.82, 2.24) is 9.97 Å². The molecule has 1 N–H and O–H groups in total. The monoisotopic (exact) mass is 360 g/mol. The molecule has 0 amide bonds. The Kier molecular flexibility index (Phi) is 5.06. The maximum absolute atomic E-state index is 12.9. The molecule has 0 radical (unpaired) electrons. The predicted molar refractivity (Wildman–Crippen MR) is 88.8 cm³/mol. The largest absolute Gasteiger partial charge is 0.482 e. The van der Waals surface area contributed by atoms with E-state index in [1.807, 2.05) is 6.07 Å². The number of benzene rings is 2. The molecule has 7 heteroatoms. The van der Waals surface area contributed by atoms with Gasteiger partial charge in [0.2, 0.25) is 0 Å². The minimum atomic E-state index is -4.49. The number of aromatic amines is 1. The molecule has 0 aliphatic rings. The van der Waals surface area contributed by atoms with Crippen LogP contribution in [0.2, 0.25) is 0 Å². The van der Waals surface area contributed by atoms with Crippen LogP contribution in [0, 0.1) is 0 Å². The second-order valence-electron chi connectivity index (χ2n) is 5.61. The number of ether oxygens (including phenoxy) is 1. The fraction of sp³-hybridized carbons (Fsp3) is 0.158. The SMILES string of the molecule is O=CC(Oc1cccc(C(F)(F)F)c1)C(c1ccccc1)c1ncc[nH]1. The molecule has 26 heavy (non-hydrogen) atoms. The Labute approximate surface area is 147 Å². The van der Waals surface area contributed by atoms with Gasteiger partial charge in [-0.3, -0.25) is 4.79 Å². The van der Waals surface area contributed by atoms with Gasteiger partial charge in [0.1, 0.15) is 11.6 Å². The molecule has 0 saturated carbocycles. The van der Waals surface area contributed by atoms with Gasteiger partial charge in [0, 0.05) is 12.4 Å². The van der Waals surface area contributed by atoms with E-state index >= 15 is 0 Å². The molecule has 1 heterocycles. The number of imidazole rings is 1. The zero-order valence-corrected chi connectivity index (χ0v) is 13.5. The van der Waals surface area contributed by atoms with Crippen LogP contribution >= 0.6 is 0 Å². The van der Waals surface area contributed by atoms with Crippen LogP contribution in [0.25, 0.3) is 0 Å². The fourth-order valence-electron chi connectivity index (χ4n) is 2.69. The number of H-pyrrole nitrogens is 1. The minimum Gasteiger partial charge on any atom is -0.482 e. The molecule has 0 bridgehead atoms. The van der Waals surface area contributed by atoms with E-state index in [1.165, 1.54) is 18.3 Å². The number of aldehydes is 1. The second-order valence-corrected chi connectivity index (χ2v) is 5.61. The maximum atomic E-state index is 12.9. The summed E-state index contributed by atoms with van der Waals surface area (Å²) < 4.78 is 44.3. The van der Waals surface area contributed by atoms with Crippen LogP contribution in [0.5, 0.6) is 5.75 Å². The number of hydrogen-bond acceptors (Lipinski definition) is 3. The second kappa shape index (κ2) is 7.43. The third kappa shape index (κ3) is 3.93. The Bertz CT molecular complexity index is 849. The molecule has 2 unspecified atom stereocenters. The first-order chi connectivity index (χ1) is 12.5. The Morgan fingerprint density at radius 2 is 1.85 bits per heavy atom. The lowest BCUT2D eigenvalue weighted by Crippen LogP contribution is -2.29.